The third kappa shape index (κ3) is 5.02. The summed E-state index contributed by atoms with van der Waals surface area (Å²) in [5.74, 6) is -0.383. The van der Waals surface area contributed by atoms with Crippen molar-refractivity contribution >= 4 is 23.3 Å². The number of aliphatic hydroxyl groups is 2. The van der Waals surface area contributed by atoms with Crippen LogP contribution in [0.3, 0.4) is 0 Å². The number of alkyl halides is 3. The van der Waals surface area contributed by atoms with Gasteiger partial charge in [0.2, 0.25) is 0 Å². The van der Waals surface area contributed by atoms with E-state index in [1.165, 1.54) is 28.0 Å². The van der Waals surface area contributed by atoms with Gasteiger partial charge in [-0.05, 0) is 48.7 Å². The average Bonchev–Trinajstić information content (AvgIpc) is 3.10. The van der Waals surface area contributed by atoms with Crippen molar-refractivity contribution in [2.24, 2.45) is 0 Å². The van der Waals surface area contributed by atoms with Gasteiger partial charge in [-0.1, -0.05) is 35.9 Å². The van der Waals surface area contributed by atoms with Crippen LogP contribution in [0, 0.1) is 6.92 Å². The zero-order chi connectivity index (χ0) is 26.2. The molecule has 2 aromatic carbocycles. The molecule has 4 rings (SSSR count). The minimum Gasteiger partial charge on any atom is -0.406 e. The number of benzene rings is 2. The van der Waals surface area contributed by atoms with E-state index in [9.17, 15) is 28.2 Å². The Labute approximate surface area is 210 Å². The molecule has 0 saturated carbocycles. The first-order valence-electron chi connectivity index (χ1n) is 11.2. The highest BCUT2D eigenvalue weighted by atomic mass is 35.5. The van der Waals surface area contributed by atoms with E-state index in [1.807, 2.05) is 12.1 Å². The molecule has 0 fully saturated rings. The molecule has 2 heterocycles. The Morgan fingerprint density at radius 1 is 1.14 bits per heavy atom. The molecule has 36 heavy (non-hydrogen) atoms. The van der Waals surface area contributed by atoms with E-state index < -0.39 is 18.6 Å². The van der Waals surface area contributed by atoms with E-state index in [1.54, 1.807) is 36.7 Å². The molecule has 1 aromatic heterocycles. The smallest absolute Gasteiger partial charge is 0.406 e. The van der Waals surface area contributed by atoms with Gasteiger partial charge in [0.05, 0.1) is 17.1 Å². The molecule has 2 amide bonds. The van der Waals surface area contributed by atoms with E-state index in [2.05, 4.69) is 4.74 Å². The van der Waals surface area contributed by atoms with Gasteiger partial charge in [0.1, 0.15) is 5.75 Å². The number of anilines is 1. The van der Waals surface area contributed by atoms with Gasteiger partial charge in [0.15, 0.2) is 6.23 Å². The highest BCUT2D eigenvalue weighted by Gasteiger charge is 2.40. The maximum Gasteiger partial charge on any atom is 0.573 e. The second-order valence-electron chi connectivity index (χ2n) is 8.48. The van der Waals surface area contributed by atoms with Crippen LogP contribution < -0.4 is 9.64 Å². The summed E-state index contributed by atoms with van der Waals surface area (Å²) in [5.41, 5.74) is 3.28. The van der Waals surface area contributed by atoms with Crippen molar-refractivity contribution in [1.29, 1.82) is 0 Å². The van der Waals surface area contributed by atoms with E-state index in [0.717, 1.165) is 5.56 Å². The van der Waals surface area contributed by atoms with E-state index in [-0.39, 0.29) is 31.9 Å². The molecule has 0 aliphatic carbocycles. The normalized spacial score (nSPS) is 15.9. The summed E-state index contributed by atoms with van der Waals surface area (Å²) < 4.78 is 44.6. The minimum atomic E-state index is -4.85. The second-order valence-corrected chi connectivity index (χ2v) is 8.92. The zero-order valence-corrected chi connectivity index (χ0v) is 20.3. The van der Waals surface area contributed by atoms with Crippen molar-refractivity contribution in [2.75, 3.05) is 25.1 Å². The van der Waals surface area contributed by atoms with Crippen LogP contribution >= 0.6 is 11.6 Å². The molecule has 0 bridgehead atoms. The number of hydrogen-bond donors (Lipinski definition) is 2. The quantitative estimate of drug-likeness (QED) is 0.440. The largest absolute Gasteiger partial charge is 0.573 e. The number of hydrogen-bond acceptors (Lipinski definition) is 4. The van der Waals surface area contributed by atoms with Crippen LogP contribution in [0.15, 0.2) is 48.5 Å². The topological polar surface area (TPSA) is 78.2 Å². The summed E-state index contributed by atoms with van der Waals surface area (Å²) in [6, 6.07) is 12.2. The molecule has 0 saturated heterocycles. The summed E-state index contributed by atoms with van der Waals surface area (Å²) >= 11 is 6.03. The van der Waals surface area contributed by atoms with Gasteiger partial charge in [-0.2, -0.15) is 0 Å². The number of halogens is 4. The van der Waals surface area contributed by atoms with Crippen molar-refractivity contribution in [1.82, 2.24) is 9.47 Å². The van der Waals surface area contributed by atoms with Crippen molar-refractivity contribution in [2.45, 2.75) is 32.5 Å². The van der Waals surface area contributed by atoms with Gasteiger partial charge in [-0.15, -0.1) is 13.2 Å². The molecule has 1 unspecified atom stereocenters. The number of ether oxygens (including phenoxy) is 1. The minimum absolute atomic E-state index is 0.121. The van der Waals surface area contributed by atoms with E-state index in [0.29, 0.717) is 33.2 Å². The monoisotopic (exact) mass is 523 g/mol. The van der Waals surface area contributed by atoms with E-state index >= 15 is 0 Å². The van der Waals surface area contributed by atoms with Gasteiger partial charge in [-0.3, -0.25) is 9.80 Å². The van der Waals surface area contributed by atoms with Crippen LogP contribution in [0.5, 0.6) is 5.75 Å². The van der Waals surface area contributed by atoms with Crippen LogP contribution in [-0.4, -0.2) is 52.3 Å². The zero-order valence-electron chi connectivity index (χ0n) is 19.6. The van der Waals surface area contributed by atoms with E-state index in [4.69, 9.17) is 11.6 Å². The highest BCUT2D eigenvalue weighted by molar-refractivity contribution is 6.30. The fraction of sp³-hybridized carbons (Fsp3) is 0.320. The van der Waals surface area contributed by atoms with Crippen molar-refractivity contribution in [3.63, 3.8) is 0 Å². The van der Waals surface area contributed by atoms with Gasteiger partial charge in [0, 0.05) is 37.3 Å². The molecule has 0 radical (unpaired) electrons. The number of fused-ring (bicyclic) bond motifs is 1. The van der Waals surface area contributed by atoms with Crippen LogP contribution in [0.1, 0.15) is 29.5 Å². The molecule has 192 valence electrons. The second kappa shape index (κ2) is 10.0. The van der Waals surface area contributed by atoms with Gasteiger partial charge < -0.3 is 19.5 Å². The van der Waals surface area contributed by atoms with Gasteiger partial charge in [0.25, 0.3) is 0 Å². The molecule has 1 atom stereocenters. The first kappa shape index (κ1) is 25.9. The summed E-state index contributed by atoms with van der Waals surface area (Å²) in [7, 11) is 1.57. The number of amides is 2. The summed E-state index contributed by atoms with van der Waals surface area (Å²) in [6.45, 7) is 1.97. The molecular formula is C25H25ClF3N3O4. The Morgan fingerprint density at radius 3 is 2.47 bits per heavy atom. The fourth-order valence-electron chi connectivity index (χ4n) is 4.59. The molecule has 2 N–H and O–H groups in total. The summed E-state index contributed by atoms with van der Waals surface area (Å²) in [5, 5.41) is 21.1. The Morgan fingerprint density at radius 2 is 1.83 bits per heavy atom. The van der Waals surface area contributed by atoms with Crippen LogP contribution in [-0.2, 0) is 6.54 Å². The molecule has 1 aliphatic rings. The number of carbonyl (C=O) groups excluding carboxylic acids is 1. The van der Waals surface area contributed by atoms with Crippen molar-refractivity contribution in [3.05, 3.63) is 70.4 Å². The first-order valence-corrected chi connectivity index (χ1v) is 11.6. The van der Waals surface area contributed by atoms with Gasteiger partial charge >= 0.3 is 12.4 Å². The fourth-order valence-corrected chi connectivity index (χ4v) is 4.72. The van der Waals surface area contributed by atoms with Crippen LogP contribution in [0.2, 0.25) is 5.02 Å². The Bertz CT molecular complexity index is 1260. The molecule has 7 nitrogen and oxygen atoms in total. The number of aromatic nitrogens is 1. The van der Waals surface area contributed by atoms with Crippen LogP contribution in [0.25, 0.3) is 11.3 Å². The lowest BCUT2D eigenvalue weighted by atomic mass is 10.1. The van der Waals surface area contributed by atoms with Crippen molar-refractivity contribution < 1.29 is 32.9 Å². The summed E-state index contributed by atoms with van der Waals surface area (Å²) in [6.07, 6.45) is -5.91. The maximum atomic E-state index is 13.1. The Kier molecular flexibility index (Phi) is 7.21. The average molecular weight is 524 g/mol. The number of carbonyl (C=O) groups is 1. The number of nitrogens with zero attached hydrogens (tertiary/aromatic N) is 3. The number of rotatable bonds is 7. The molecule has 0 spiro atoms. The lowest BCUT2D eigenvalue weighted by molar-refractivity contribution is -0.274. The predicted molar refractivity (Wildman–Crippen MR) is 129 cm³/mol. The predicted octanol–water partition coefficient (Wildman–Crippen LogP) is 5.31. The maximum absolute atomic E-state index is 13.1. The third-order valence-electron chi connectivity index (χ3n) is 6.07. The lowest BCUT2D eigenvalue weighted by Crippen LogP contribution is -2.48. The van der Waals surface area contributed by atoms with Crippen molar-refractivity contribution in [3.8, 4) is 17.0 Å². The lowest BCUT2D eigenvalue weighted by Gasteiger charge is -2.38. The summed E-state index contributed by atoms with van der Waals surface area (Å²) in [4.78, 5) is 15.7. The highest BCUT2D eigenvalue weighted by Crippen LogP contribution is 2.45. The molecule has 1 aliphatic heterocycles. The number of aliphatic hydroxyl groups excluding tert-OH is 2. The number of urea groups is 1. The third-order valence-corrected chi connectivity index (χ3v) is 6.33. The van der Waals surface area contributed by atoms with Gasteiger partial charge in [-0.25, -0.2) is 4.79 Å². The molecule has 3 aromatic rings. The first-order chi connectivity index (χ1) is 17.0. The molecule has 11 heteroatoms. The van der Waals surface area contributed by atoms with Crippen LogP contribution in [0.4, 0.5) is 23.7 Å². The molecular weight excluding hydrogens is 499 g/mol. The Hall–Kier alpha value is -3.21. The SMILES string of the molecule is Cc1c2c(n(Cc3ccc(Cl)cc3)c1-c1cccc(OC(F)(F)F)c1)C(O)N(CCCO)C(=O)N2C. The standard InChI is InChI=1S/C25H25ClF3N3O4/c1-15-20(17-5-3-6-19(13-17)36-25(27,28)29)32(14-16-7-9-18(26)10-8-16)22-21(15)30(2)24(35)31(23(22)34)11-4-12-33/h3,5-10,13,23,33-34H,4,11-12,14H2,1-2H3. The Balaban J connectivity index is 1.91.